The lowest BCUT2D eigenvalue weighted by Gasteiger charge is -2.26. The molecule has 1 rings (SSSR count). The van der Waals surface area contributed by atoms with Crippen LogP contribution in [-0.4, -0.2) is 35.4 Å². The number of thiazole rings is 1. The number of unbranched alkanes of at least 4 members (excludes halogenated alkanes) is 3. The zero-order valence-electron chi connectivity index (χ0n) is 16.0. The van der Waals surface area contributed by atoms with E-state index in [4.69, 9.17) is 4.74 Å². The van der Waals surface area contributed by atoms with E-state index in [-0.39, 0.29) is 11.8 Å². The van der Waals surface area contributed by atoms with Crippen molar-refractivity contribution in [2.24, 2.45) is 5.92 Å². The second-order valence-corrected chi connectivity index (χ2v) is 7.28. The van der Waals surface area contributed by atoms with Gasteiger partial charge in [0.15, 0.2) is 5.69 Å². The van der Waals surface area contributed by atoms with E-state index in [0.717, 1.165) is 56.5 Å². The molecule has 0 fully saturated rings. The van der Waals surface area contributed by atoms with Crippen LogP contribution >= 0.6 is 11.3 Å². The molecular formula is C19H32N2O3S. The smallest absolute Gasteiger partial charge is 0.357 e. The molecule has 6 heteroatoms. The third-order valence-electron chi connectivity index (χ3n) is 4.36. The minimum Gasteiger partial charge on any atom is -0.464 e. The van der Waals surface area contributed by atoms with E-state index >= 15 is 0 Å². The van der Waals surface area contributed by atoms with Gasteiger partial charge >= 0.3 is 5.97 Å². The highest BCUT2D eigenvalue weighted by molar-refractivity contribution is 7.09. The van der Waals surface area contributed by atoms with Gasteiger partial charge < -0.3 is 9.64 Å². The zero-order valence-corrected chi connectivity index (χ0v) is 16.9. The lowest BCUT2D eigenvalue weighted by molar-refractivity contribution is -0.136. The monoisotopic (exact) mass is 368 g/mol. The van der Waals surface area contributed by atoms with Crippen molar-refractivity contribution in [2.45, 2.75) is 72.3 Å². The number of rotatable bonds is 12. The van der Waals surface area contributed by atoms with Gasteiger partial charge in [0.2, 0.25) is 5.91 Å². The minimum absolute atomic E-state index is 0.0848. The number of carbonyl (C=O) groups is 2. The van der Waals surface area contributed by atoms with Gasteiger partial charge in [-0.1, -0.05) is 46.5 Å². The van der Waals surface area contributed by atoms with E-state index in [1.807, 2.05) is 4.90 Å². The normalized spacial score (nSPS) is 12.0. The first-order valence-corrected chi connectivity index (χ1v) is 10.3. The summed E-state index contributed by atoms with van der Waals surface area (Å²) in [6.45, 7) is 7.63. The number of hydrogen-bond acceptors (Lipinski definition) is 5. The molecule has 0 bridgehead atoms. The van der Waals surface area contributed by atoms with Crippen LogP contribution in [0.15, 0.2) is 5.38 Å². The van der Waals surface area contributed by atoms with Crippen molar-refractivity contribution >= 4 is 23.2 Å². The first-order valence-electron chi connectivity index (χ1n) is 9.38. The lowest BCUT2D eigenvalue weighted by Crippen LogP contribution is -2.36. The number of ether oxygens (including phenoxy) is 1. The van der Waals surface area contributed by atoms with Gasteiger partial charge in [0, 0.05) is 17.8 Å². The third-order valence-corrected chi connectivity index (χ3v) is 5.20. The Labute approximate surface area is 155 Å². The Morgan fingerprint density at radius 1 is 1.20 bits per heavy atom. The van der Waals surface area contributed by atoms with E-state index in [1.165, 1.54) is 18.4 Å². The van der Waals surface area contributed by atoms with Crippen LogP contribution in [-0.2, 0) is 16.1 Å². The zero-order chi connectivity index (χ0) is 18.7. The van der Waals surface area contributed by atoms with E-state index < -0.39 is 5.97 Å². The SMILES string of the molecule is CCCCCN(Cc1nc(C(=O)OC)cs1)C(=O)[C@H](CC)CCCC. The Kier molecular flexibility index (Phi) is 10.4. The molecule has 0 saturated heterocycles. The molecule has 0 radical (unpaired) electrons. The molecular weight excluding hydrogens is 336 g/mol. The van der Waals surface area contributed by atoms with Crippen molar-refractivity contribution < 1.29 is 14.3 Å². The van der Waals surface area contributed by atoms with Crippen LogP contribution in [0.3, 0.4) is 0 Å². The molecule has 0 saturated carbocycles. The number of methoxy groups -OCH3 is 1. The molecule has 0 aliphatic carbocycles. The van der Waals surface area contributed by atoms with Crippen LogP contribution in [0.2, 0.25) is 0 Å². The molecule has 142 valence electrons. The predicted octanol–water partition coefficient (Wildman–Crippen LogP) is 4.66. The number of amides is 1. The largest absolute Gasteiger partial charge is 0.464 e. The summed E-state index contributed by atoms with van der Waals surface area (Å²) in [5, 5.41) is 2.49. The second-order valence-electron chi connectivity index (χ2n) is 6.33. The number of aromatic nitrogens is 1. The van der Waals surface area contributed by atoms with Crippen molar-refractivity contribution in [1.82, 2.24) is 9.88 Å². The van der Waals surface area contributed by atoms with Gasteiger partial charge in [0.1, 0.15) is 5.01 Å². The minimum atomic E-state index is -0.430. The second kappa shape index (κ2) is 12.0. The standard InChI is InChI=1S/C19H32N2O3S/c1-5-8-10-12-21(18(22)15(7-3)11-9-6-2)13-17-20-16(14-25-17)19(23)24-4/h14-15H,5-13H2,1-4H3/t15-/m1/s1. The van der Waals surface area contributed by atoms with Gasteiger partial charge in [0.05, 0.1) is 13.7 Å². The third kappa shape index (κ3) is 7.14. The van der Waals surface area contributed by atoms with Crippen LogP contribution in [0, 0.1) is 5.92 Å². The topological polar surface area (TPSA) is 59.5 Å². The highest BCUT2D eigenvalue weighted by Crippen LogP contribution is 2.20. The highest BCUT2D eigenvalue weighted by atomic mass is 32.1. The van der Waals surface area contributed by atoms with E-state index in [1.54, 1.807) is 5.38 Å². The average Bonchev–Trinajstić information content (AvgIpc) is 3.09. The van der Waals surface area contributed by atoms with Crippen LogP contribution in [0.5, 0.6) is 0 Å². The van der Waals surface area contributed by atoms with Crippen LogP contribution in [0.4, 0.5) is 0 Å². The maximum Gasteiger partial charge on any atom is 0.357 e. The van der Waals surface area contributed by atoms with Crippen LogP contribution in [0.1, 0.15) is 81.2 Å². The fourth-order valence-corrected chi connectivity index (χ4v) is 3.55. The van der Waals surface area contributed by atoms with Crippen molar-refractivity contribution in [1.29, 1.82) is 0 Å². The summed E-state index contributed by atoms with van der Waals surface area (Å²) in [5.41, 5.74) is 0.321. The molecule has 0 aliphatic rings. The summed E-state index contributed by atoms with van der Waals surface area (Å²) in [6.07, 6.45) is 7.24. The molecule has 1 heterocycles. The maximum atomic E-state index is 13.0. The van der Waals surface area contributed by atoms with Gasteiger partial charge in [-0.25, -0.2) is 9.78 Å². The number of esters is 1. The van der Waals surface area contributed by atoms with Gasteiger partial charge in [-0.05, 0) is 19.3 Å². The molecule has 0 unspecified atom stereocenters. The van der Waals surface area contributed by atoms with Crippen molar-refractivity contribution in [2.75, 3.05) is 13.7 Å². The summed E-state index contributed by atoms with van der Waals surface area (Å²) in [4.78, 5) is 30.8. The molecule has 0 N–H and O–H groups in total. The van der Waals surface area contributed by atoms with Crippen molar-refractivity contribution in [3.63, 3.8) is 0 Å². The summed E-state index contributed by atoms with van der Waals surface area (Å²) in [5.74, 6) is -0.121. The summed E-state index contributed by atoms with van der Waals surface area (Å²) < 4.78 is 4.71. The number of nitrogens with zero attached hydrogens (tertiary/aromatic N) is 2. The van der Waals surface area contributed by atoms with E-state index in [9.17, 15) is 9.59 Å². The fourth-order valence-electron chi connectivity index (χ4n) is 2.78. The quantitative estimate of drug-likeness (QED) is 0.397. The number of carbonyl (C=O) groups excluding carboxylic acids is 2. The van der Waals surface area contributed by atoms with E-state index in [0.29, 0.717) is 12.2 Å². The number of hydrogen-bond donors (Lipinski definition) is 0. The summed E-state index contributed by atoms with van der Waals surface area (Å²) in [7, 11) is 1.35. The first kappa shape index (κ1) is 21.6. The fraction of sp³-hybridized carbons (Fsp3) is 0.737. The van der Waals surface area contributed by atoms with Crippen molar-refractivity contribution in [3.8, 4) is 0 Å². The van der Waals surface area contributed by atoms with Gasteiger partial charge in [-0.2, -0.15) is 0 Å². The molecule has 1 atom stereocenters. The first-order chi connectivity index (χ1) is 12.1. The van der Waals surface area contributed by atoms with Gasteiger partial charge in [-0.15, -0.1) is 11.3 Å². The predicted molar refractivity (Wildman–Crippen MR) is 102 cm³/mol. The Hall–Kier alpha value is -1.43. The molecule has 1 aromatic heterocycles. The Balaban J connectivity index is 2.82. The van der Waals surface area contributed by atoms with Gasteiger partial charge in [-0.3, -0.25) is 4.79 Å². The molecule has 0 aromatic carbocycles. The van der Waals surface area contributed by atoms with Crippen LogP contribution in [0.25, 0.3) is 0 Å². The summed E-state index contributed by atoms with van der Waals surface area (Å²) in [6, 6.07) is 0. The molecule has 0 spiro atoms. The molecule has 0 aliphatic heterocycles. The Bertz CT molecular complexity index is 530. The molecule has 5 nitrogen and oxygen atoms in total. The lowest BCUT2D eigenvalue weighted by atomic mass is 9.97. The molecule has 1 aromatic rings. The van der Waals surface area contributed by atoms with Crippen molar-refractivity contribution in [3.05, 3.63) is 16.1 Å². The van der Waals surface area contributed by atoms with Crippen LogP contribution < -0.4 is 0 Å². The average molecular weight is 369 g/mol. The molecule has 25 heavy (non-hydrogen) atoms. The van der Waals surface area contributed by atoms with Gasteiger partial charge in [0.25, 0.3) is 0 Å². The summed E-state index contributed by atoms with van der Waals surface area (Å²) >= 11 is 1.41. The highest BCUT2D eigenvalue weighted by Gasteiger charge is 2.23. The Morgan fingerprint density at radius 2 is 1.92 bits per heavy atom. The maximum absolute atomic E-state index is 13.0. The van der Waals surface area contributed by atoms with E-state index in [2.05, 4.69) is 25.8 Å². The Morgan fingerprint density at radius 3 is 2.52 bits per heavy atom. The molecule has 1 amide bonds.